The van der Waals surface area contributed by atoms with Crippen molar-refractivity contribution in [1.82, 2.24) is 24.7 Å². The van der Waals surface area contributed by atoms with Crippen molar-refractivity contribution in [2.24, 2.45) is 0 Å². The van der Waals surface area contributed by atoms with Gasteiger partial charge in [-0.25, -0.2) is 9.37 Å². The molecule has 1 N–H and O–H groups in total. The number of nitrogens with one attached hydrogen (secondary N) is 1. The number of likely N-dealkylation sites (N-methyl/N-ethyl adjacent to an activating group) is 1. The number of imidazole rings is 1. The maximum atomic E-state index is 13.0. The molecule has 210 valence electrons. The molecule has 0 unspecified atom stereocenters. The minimum atomic E-state index is -0.283. The molecule has 1 amide bonds. The summed E-state index contributed by atoms with van der Waals surface area (Å²) < 4.78 is 26.5. The Bertz CT molecular complexity index is 1400. The number of carbonyl (C=O) groups is 1. The summed E-state index contributed by atoms with van der Waals surface area (Å²) in [5, 5.41) is 3.05. The first-order valence-corrected chi connectivity index (χ1v) is 13.8. The van der Waals surface area contributed by atoms with Crippen LogP contribution in [0.3, 0.4) is 0 Å². The summed E-state index contributed by atoms with van der Waals surface area (Å²) in [4.78, 5) is 22.1. The molecule has 5 rings (SSSR count). The summed E-state index contributed by atoms with van der Waals surface area (Å²) in [5.74, 6) is 1.02. The van der Waals surface area contributed by atoms with Crippen molar-refractivity contribution in [3.8, 4) is 17.2 Å². The minimum Gasteiger partial charge on any atom is -0.493 e. The number of nitrogens with zero attached hydrogens (tertiary/aromatic N) is 4. The Morgan fingerprint density at radius 1 is 0.925 bits per heavy atom. The van der Waals surface area contributed by atoms with Gasteiger partial charge in [0.15, 0.2) is 0 Å². The number of aromatic nitrogens is 2. The SMILES string of the molecule is CN1CCN(CCCNC(=O)c2ccc3c(c2)ncn3-c2cccc(OCCCOc3ccc(F)cc3)c2)CC1. The molecule has 0 atom stereocenters. The van der Waals surface area contributed by atoms with E-state index < -0.39 is 0 Å². The van der Waals surface area contributed by atoms with Gasteiger partial charge in [0.1, 0.15) is 23.6 Å². The predicted octanol–water partition coefficient (Wildman–Crippen LogP) is 4.38. The molecule has 1 aromatic heterocycles. The third kappa shape index (κ3) is 7.37. The van der Waals surface area contributed by atoms with E-state index in [2.05, 4.69) is 27.1 Å². The summed E-state index contributed by atoms with van der Waals surface area (Å²) in [6, 6.07) is 19.4. The predicted molar refractivity (Wildman–Crippen MR) is 154 cm³/mol. The van der Waals surface area contributed by atoms with Crippen molar-refractivity contribution in [2.45, 2.75) is 12.8 Å². The van der Waals surface area contributed by atoms with Crippen LogP contribution in [0.4, 0.5) is 4.39 Å². The molecule has 0 bridgehead atoms. The van der Waals surface area contributed by atoms with Gasteiger partial charge in [0, 0.05) is 50.8 Å². The number of piperazine rings is 1. The standard InChI is InChI=1S/C31H36FN5O3/c1-35-15-17-36(18-16-35)14-3-13-33-31(38)24-7-12-30-29(21-24)34-23-37(30)26-5-2-6-28(22-26)40-20-4-19-39-27-10-8-25(32)9-11-27/h2,5-12,21-23H,3-4,13-20H2,1H3,(H,33,38). The number of fused-ring (bicyclic) bond motifs is 1. The molecular weight excluding hydrogens is 509 g/mol. The fourth-order valence-electron chi connectivity index (χ4n) is 4.73. The third-order valence-corrected chi connectivity index (χ3v) is 7.08. The summed E-state index contributed by atoms with van der Waals surface area (Å²) in [7, 11) is 2.15. The van der Waals surface area contributed by atoms with E-state index in [1.54, 1.807) is 18.5 Å². The van der Waals surface area contributed by atoms with E-state index in [0.29, 0.717) is 37.5 Å². The molecule has 40 heavy (non-hydrogen) atoms. The Morgan fingerprint density at radius 2 is 1.70 bits per heavy atom. The molecular formula is C31H36FN5O3. The second-order valence-corrected chi connectivity index (χ2v) is 10.1. The number of rotatable bonds is 12. The topological polar surface area (TPSA) is 71.9 Å². The fourth-order valence-corrected chi connectivity index (χ4v) is 4.73. The van der Waals surface area contributed by atoms with Gasteiger partial charge in [-0.05, 0) is 74.6 Å². The Morgan fingerprint density at radius 3 is 2.50 bits per heavy atom. The molecule has 4 aromatic rings. The molecule has 1 aliphatic heterocycles. The number of hydrogen-bond donors (Lipinski definition) is 1. The van der Waals surface area contributed by atoms with Crippen LogP contribution in [0.2, 0.25) is 0 Å². The van der Waals surface area contributed by atoms with Crippen LogP contribution in [0, 0.1) is 5.82 Å². The third-order valence-electron chi connectivity index (χ3n) is 7.08. The maximum absolute atomic E-state index is 13.0. The van der Waals surface area contributed by atoms with Gasteiger partial charge >= 0.3 is 0 Å². The molecule has 2 heterocycles. The number of amides is 1. The van der Waals surface area contributed by atoms with E-state index in [1.807, 2.05) is 47.0 Å². The summed E-state index contributed by atoms with van der Waals surface area (Å²) in [6.07, 6.45) is 3.39. The lowest BCUT2D eigenvalue weighted by molar-refractivity contribution is 0.0949. The fraction of sp³-hybridized carbons (Fsp3) is 0.355. The van der Waals surface area contributed by atoms with Gasteiger partial charge in [-0.3, -0.25) is 9.36 Å². The van der Waals surface area contributed by atoms with Crippen LogP contribution in [0.1, 0.15) is 23.2 Å². The van der Waals surface area contributed by atoms with Gasteiger partial charge in [-0.15, -0.1) is 0 Å². The zero-order chi connectivity index (χ0) is 27.7. The van der Waals surface area contributed by atoms with Crippen molar-refractivity contribution >= 4 is 16.9 Å². The van der Waals surface area contributed by atoms with Crippen LogP contribution in [0.5, 0.6) is 11.5 Å². The van der Waals surface area contributed by atoms with Gasteiger partial charge in [0.05, 0.1) is 29.9 Å². The van der Waals surface area contributed by atoms with E-state index >= 15 is 0 Å². The van der Waals surface area contributed by atoms with Crippen molar-refractivity contribution in [3.63, 3.8) is 0 Å². The van der Waals surface area contributed by atoms with Crippen LogP contribution >= 0.6 is 0 Å². The number of benzene rings is 3. The lowest BCUT2D eigenvalue weighted by Crippen LogP contribution is -2.45. The first-order chi connectivity index (χ1) is 19.5. The second kappa shape index (κ2) is 13.4. The average molecular weight is 546 g/mol. The summed E-state index contributed by atoms with van der Waals surface area (Å²) in [5.41, 5.74) is 3.20. The van der Waals surface area contributed by atoms with E-state index in [1.165, 1.54) is 12.1 Å². The van der Waals surface area contributed by atoms with Crippen molar-refractivity contribution in [3.05, 3.63) is 84.4 Å². The normalized spacial score (nSPS) is 14.3. The molecule has 1 fully saturated rings. The number of ether oxygens (including phenoxy) is 2. The van der Waals surface area contributed by atoms with E-state index in [4.69, 9.17) is 9.47 Å². The van der Waals surface area contributed by atoms with Crippen LogP contribution in [-0.2, 0) is 0 Å². The monoisotopic (exact) mass is 545 g/mol. The molecule has 3 aromatic carbocycles. The zero-order valence-electron chi connectivity index (χ0n) is 22.9. The number of halogens is 1. The molecule has 0 saturated carbocycles. The average Bonchev–Trinajstić information content (AvgIpc) is 3.40. The highest BCUT2D eigenvalue weighted by Gasteiger charge is 2.14. The molecule has 0 aliphatic carbocycles. The Hall–Kier alpha value is -3.95. The van der Waals surface area contributed by atoms with Crippen LogP contribution in [0.25, 0.3) is 16.7 Å². The quantitative estimate of drug-likeness (QED) is 0.267. The van der Waals surface area contributed by atoms with Crippen LogP contribution in [-0.4, -0.2) is 84.8 Å². The van der Waals surface area contributed by atoms with Gasteiger partial charge < -0.3 is 24.6 Å². The van der Waals surface area contributed by atoms with E-state index in [-0.39, 0.29) is 11.7 Å². The second-order valence-electron chi connectivity index (χ2n) is 10.1. The van der Waals surface area contributed by atoms with Crippen molar-refractivity contribution in [1.29, 1.82) is 0 Å². The van der Waals surface area contributed by atoms with Crippen LogP contribution in [0.15, 0.2) is 73.1 Å². The molecule has 0 radical (unpaired) electrons. The van der Waals surface area contributed by atoms with Crippen LogP contribution < -0.4 is 14.8 Å². The maximum Gasteiger partial charge on any atom is 0.251 e. The van der Waals surface area contributed by atoms with Gasteiger partial charge in [0.2, 0.25) is 0 Å². The van der Waals surface area contributed by atoms with Crippen molar-refractivity contribution in [2.75, 3.05) is 59.5 Å². The largest absolute Gasteiger partial charge is 0.493 e. The highest BCUT2D eigenvalue weighted by Crippen LogP contribution is 2.23. The molecule has 9 heteroatoms. The van der Waals surface area contributed by atoms with Gasteiger partial charge in [-0.1, -0.05) is 6.07 Å². The number of carbonyl (C=O) groups excluding carboxylic acids is 1. The minimum absolute atomic E-state index is 0.0753. The first-order valence-electron chi connectivity index (χ1n) is 13.8. The van der Waals surface area contributed by atoms with Gasteiger partial charge in [0.25, 0.3) is 5.91 Å². The lowest BCUT2D eigenvalue weighted by atomic mass is 10.2. The number of hydrogen-bond acceptors (Lipinski definition) is 6. The molecule has 8 nitrogen and oxygen atoms in total. The molecule has 0 spiro atoms. The highest BCUT2D eigenvalue weighted by molar-refractivity contribution is 5.97. The summed E-state index contributed by atoms with van der Waals surface area (Å²) >= 11 is 0. The van der Waals surface area contributed by atoms with Gasteiger partial charge in [-0.2, -0.15) is 0 Å². The molecule has 1 saturated heterocycles. The van der Waals surface area contributed by atoms with Crippen molar-refractivity contribution < 1.29 is 18.7 Å². The van der Waals surface area contributed by atoms with E-state index in [0.717, 1.165) is 61.6 Å². The Kier molecular flexibility index (Phi) is 9.26. The lowest BCUT2D eigenvalue weighted by Gasteiger charge is -2.32. The Labute approximate surface area is 234 Å². The zero-order valence-corrected chi connectivity index (χ0v) is 22.9. The highest BCUT2D eigenvalue weighted by atomic mass is 19.1. The Balaban J connectivity index is 1.11. The smallest absolute Gasteiger partial charge is 0.251 e. The molecule has 1 aliphatic rings. The first kappa shape index (κ1) is 27.6. The summed E-state index contributed by atoms with van der Waals surface area (Å²) in [6.45, 7) is 7.01. The van der Waals surface area contributed by atoms with E-state index in [9.17, 15) is 9.18 Å².